The third-order valence-electron chi connectivity index (χ3n) is 3.89. The largest absolute Gasteiger partial charge is 0.497 e. The van der Waals surface area contributed by atoms with Crippen LogP contribution in [0, 0.1) is 0 Å². The van der Waals surface area contributed by atoms with Gasteiger partial charge in [0.15, 0.2) is 6.23 Å². The highest BCUT2D eigenvalue weighted by atomic mass is 16.5. The molecule has 2 rings (SSSR count). The van der Waals surface area contributed by atoms with Crippen LogP contribution >= 0.6 is 0 Å². The quantitative estimate of drug-likeness (QED) is 0.267. The number of carbonyl (C=O) groups is 2. The molecule has 0 heterocycles. The smallest absolute Gasteiger partial charge is 0.274 e. The molecule has 3 N–H and O–H groups in total. The van der Waals surface area contributed by atoms with Gasteiger partial charge >= 0.3 is 0 Å². The Morgan fingerprint density at radius 2 is 1.71 bits per heavy atom. The van der Waals surface area contributed by atoms with Crippen molar-refractivity contribution in [3.8, 4) is 11.5 Å². The molecule has 0 fully saturated rings. The van der Waals surface area contributed by atoms with Crippen LogP contribution in [0.15, 0.2) is 54.6 Å². The number of hydrogen-bond donors (Lipinski definition) is 3. The second-order valence-electron chi connectivity index (χ2n) is 5.98. The van der Waals surface area contributed by atoms with Crippen molar-refractivity contribution >= 4 is 17.9 Å². The fourth-order valence-corrected chi connectivity index (χ4v) is 2.43. The maximum absolute atomic E-state index is 12.2. The zero-order chi connectivity index (χ0) is 20.4. The van der Waals surface area contributed by atoms with Gasteiger partial charge in [-0.25, -0.2) is 5.48 Å². The van der Waals surface area contributed by atoms with Gasteiger partial charge in [0.25, 0.3) is 5.91 Å². The van der Waals surface area contributed by atoms with E-state index < -0.39 is 12.1 Å². The Balaban J connectivity index is 1.96. The predicted octanol–water partition coefficient (Wildman–Crippen LogP) is 3.15. The first-order chi connectivity index (χ1) is 13.5. The van der Waals surface area contributed by atoms with E-state index in [0.717, 1.165) is 17.7 Å². The molecule has 28 heavy (non-hydrogen) atoms. The van der Waals surface area contributed by atoms with Crippen molar-refractivity contribution in [1.29, 1.82) is 0 Å². The molecule has 1 atom stereocenters. The lowest BCUT2D eigenvalue weighted by molar-refractivity contribution is -0.118. The normalized spacial score (nSPS) is 11.7. The summed E-state index contributed by atoms with van der Waals surface area (Å²) in [7, 11) is 1.60. The number of carbonyl (C=O) groups excluding carboxylic acids is 2. The van der Waals surface area contributed by atoms with Crippen LogP contribution in [0.3, 0.4) is 0 Å². The number of amides is 2. The van der Waals surface area contributed by atoms with Gasteiger partial charge < -0.3 is 14.8 Å². The predicted molar refractivity (Wildman–Crippen MR) is 105 cm³/mol. The molecule has 0 radical (unpaired) electrons. The zero-order valence-electron chi connectivity index (χ0n) is 15.8. The summed E-state index contributed by atoms with van der Waals surface area (Å²) < 4.78 is 10.9. The van der Waals surface area contributed by atoms with Gasteiger partial charge in [0.1, 0.15) is 11.5 Å². The van der Waals surface area contributed by atoms with Crippen LogP contribution < -0.4 is 20.3 Å². The van der Waals surface area contributed by atoms with E-state index in [2.05, 4.69) is 5.32 Å². The Morgan fingerprint density at radius 1 is 1.07 bits per heavy atom. The van der Waals surface area contributed by atoms with Crippen molar-refractivity contribution in [3.63, 3.8) is 0 Å². The maximum Gasteiger partial charge on any atom is 0.274 e. The molecule has 7 nitrogen and oxygen atoms in total. The Morgan fingerprint density at radius 3 is 2.29 bits per heavy atom. The van der Waals surface area contributed by atoms with Gasteiger partial charge in [-0.15, -0.1) is 0 Å². The average molecular weight is 384 g/mol. The van der Waals surface area contributed by atoms with Crippen molar-refractivity contribution in [3.05, 3.63) is 65.7 Å². The molecule has 2 amide bonds. The molecule has 0 aliphatic heterocycles. The van der Waals surface area contributed by atoms with Gasteiger partial charge in [-0.3, -0.25) is 14.8 Å². The minimum absolute atomic E-state index is 0.273. The monoisotopic (exact) mass is 384 g/mol. The fourth-order valence-electron chi connectivity index (χ4n) is 2.43. The summed E-state index contributed by atoms with van der Waals surface area (Å²) in [6.45, 7) is 1.99. The van der Waals surface area contributed by atoms with Crippen molar-refractivity contribution in [2.45, 2.75) is 26.0 Å². The summed E-state index contributed by atoms with van der Waals surface area (Å²) >= 11 is 0. The summed E-state index contributed by atoms with van der Waals surface area (Å²) in [4.78, 5) is 23.6. The molecular formula is C21H24N2O5. The van der Waals surface area contributed by atoms with Crippen LogP contribution in [-0.4, -0.2) is 30.4 Å². The highest BCUT2D eigenvalue weighted by molar-refractivity contribution is 5.93. The SMILES string of the molecule is CCCC(NC(=O)/C=C/c1ccc(OC)cc1)Oc1ccc(C(=O)NO)cc1. The van der Waals surface area contributed by atoms with Crippen LogP contribution in [0.25, 0.3) is 6.08 Å². The number of rotatable bonds is 9. The molecule has 0 saturated heterocycles. The van der Waals surface area contributed by atoms with E-state index in [4.69, 9.17) is 14.7 Å². The van der Waals surface area contributed by atoms with Gasteiger partial charge in [0.05, 0.1) is 7.11 Å². The molecular weight excluding hydrogens is 360 g/mol. The van der Waals surface area contributed by atoms with Crippen molar-refractivity contribution in [2.24, 2.45) is 0 Å². The molecule has 7 heteroatoms. The van der Waals surface area contributed by atoms with Crippen molar-refractivity contribution < 1.29 is 24.3 Å². The maximum atomic E-state index is 12.2. The summed E-state index contributed by atoms with van der Waals surface area (Å²) in [6.07, 6.45) is 4.09. The number of benzene rings is 2. The molecule has 0 bridgehead atoms. The first-order valence-electron chi connectivity index (χ1n) is 8.89. The number of methoxy groups -OCH3 is 1. The second kappa shape index (κ2) is 10.7. The number of hydrogen-bond acceptors (Lipinski definition) is 5. The highest BCUT2D eigenvalue weighted by Crippen LogP contribution is 2.15. The van der Waals surface area contributed by atoms with Crippen LogP contribution in [0.2, 0.25) is 0 Å². The van der Waals surface area contributed by atoms with Crippen molar-refractivity contribution in [1.82, 2.24) is 10.8 Å². The standard InChI is InChI=1S/C21H24N2O5/c1-3-4-20(28-18-12-8-16(9-13-18)21(25)23-26)22-19(24)14-7-15-5-10-17(27-2)11-6-15/h5-14,20,26H,3-4H2,1-2H3,(H,22,24)(H,23,25)/b14-7+. The summed E-state index contributed by atoms with van der Waals surface area (Å²) in [5.74, 6) is 0.382. The molecule has 0 aliphatic rings. The Hall–Kier alpha value is -3.32. The first kappa shape index (κ1) is 21.0. The van der Waals surface area contributed by atoms with E-state index in [1.54, 1.807) is 30.8 Å². The molecule has 148 valence electrons. The Labute approximate surface area is 163 Å². The summed E-state index contributed by atoms with van der Waals surface area (Å²) in [5.41, 5.74) is 2.75. The lowest BCUT2D eigenvalue weighted by Crippen LogP contribution is -2.38. The van der Waals surface area contributed by atoms with Crippen LogP contribution in [0.4, 0.5) is 0 Å². The van der Waals surface area contributed by atoms with Crippen LogP contribution in [0.5, 0.6) is 11.5 Å². The van der Waals surface area contributed by atoms with E-state index in [0.29, 0.717) is 17.7 Å². The third-order valence-corrected chi connectivity index (χ3v) is 3.89. The molecule has 0 spiro atoms. The second-order valence-corrected chi connectivity index (χ2v) is 5.98. The third kappa shape index (κ3) is 6.44. The number of ether oxygens (including phenoxy) is 2. The lowest BCUT2D eigenvalue weighted by atomic mass is 10.2. The lowest BCUT2D eigenvalue weighted by Gasteiger charge is -2.19. The van der Waals surface area contributed by atoms with Gasteiger partial charge in [0.2, 0.25) is 5.91 Å². The van der Waals surface area contributed by atoms with Crippen LogP contribution in [0.1, 0.15) is 35.7 Å². The van der Waals surface area contributed by atoms with E-state index in [9.17, 15) is 9.59 Å². The van der Waals surface area contributed by atoms with E-state index in [1.165, 1.54) is 18.2 Å². The number of hydroxylamine groups is 1. The molecule has 0 aliphatic carbocycles. The minimum Gasteiger partial charge on any atom is -0.497 e. The van der Waals surface area contributed by atoms with E-state index in [-0.39, 0.29) is 5.91 Å². The van der Waals surface area contributed by atoms with E-state index in [1.807, 2.05) is 31.2 Å². The molecule has 2 aromatic rings. The molecule has 1 unspecified atom stereocenters. The van der Waals surface area contributed by atoms with Gasteiger partial charge in [-0.2, -0.15) is 0 Å². The van der Waals surface area contributed by atoms with Crippen LogP contribution in [-0.2, 0) is 4.79 Å². The van der Waals surface area contributed by atoms with Gasteiger partial charge in [0, 0.05) is 18.1 Å². The summed E-state index contributed by atoms with van der Waals surface area (Å²) in [6, 6.07) is 13.6. The average Bonchev–Trinajstić information content (AvgIpc) is 2.72. The van der Waals surface area contributed by atoms with Gasteiger partial charge in [-0.05, 0) is 48.0 Å². The highest BCUT2D eigenvalue weighted by Gasteiger charge is 2.12. The zero-order valence-corrected chi connectivity index (χ0v) is 15.8. The van der Waals surface area contributed by atoms with E-state index >= 15 is 0 Å². The van der Waals surface area contributed by atoms with Crippen molar-refractivity contribution in [2.75, 3.05) is 7.11 Å². The molecule has 2 aromatic carbocycles. The summed E-state index contributed by atoms with van der Waals surface area (Å²) in [5, 5.41) is 11.5. The topological polar surface area (TPSA) is 96.9 Å². The van der Waals surface area contributed by atoms with Gasteiger partial charge in [-0.1, -0.05) is 25.5 Å². The first-order valence-corrected chi connectivity index (χ1v) is 8.89. The minimum atomic E-state index is -0.603. The molecule has 0 saturated carbocycles. The Bertz CT molecular complexity index is 801. The fraction of sp³-hybridized carbons (Fsp3) is 0.238. The molecule has 0 aromatic heterocycles. The number of nitrogens with one attached hydrogen (secondary N) is 2. The Kier molecular flexibility index (Phi) is 8.05.